The van der Waals surface area contributed by atoms with E-state index in [-0.39, 0.29) is 10.9 Å². The molecule has 0 aliphatic rings. The monoisotopic (exact) mass is 316 g/mol. The Balaban J connectivity index is 2.89. The van der Waals surface area contributed by atoms with Crippen molar-refractivity contribution in [2.45, 2.75) is 64.9 Å². The molecular weight excluding hydrogens is 288 g/mol. The highest BCUT2D eigenvalue weighted by atomic mass is 32.2. The highest BCUT2D eigenvalue weighted by Gasteiger charge is 2.25. The summed E-state index contributed by atoms with van der Waals surface area (Å²) in [6, 6.07) is -0.0965. The van der Waals surface area contributed by atoms with Gasteiger partial charge in [-0.25, -0.2) is 13.1 Å². The zero-order valence-electron chi connectivity index (χ0n) is 13.7. The minimum absolute atomic E-state index is 0.0965. The van der Waals surface area contributed by atoms with Gasteiger partial charge in [-0.3, -0.25) is 5.10 Å². The van der Waals surface area contributed by atoms with Gasteiger partial charge in [-0.15, -0.1) is 0 Å². The standard InChI is InChI=1S/C14H28N4O2S/c1-6-7-15-9-13-14(12(5)16-17-13)21(19,20)18-11(4)8-10(2)3/h10-11,15,18H,6-9H2,1-5H3,(H,16,17). The number of hydrogen-bond donors (Lipinski definition) is 3. The lowest BCUT2D eigenvalue weighted by molar-refractivity contribution is 0.482. The molecule has 0 aromatic carbocycles. The normalized spacial score (nSPS) is 13.8. The molecule has 1 atom stereocenters. The van der Waals surface area contributed by atoms with E-state index in [4.69, 9.17) is 0 Å². The molecule has 1 aromatic heterocycles. The third kappa shape index (κ3) is 5.41. The van der Waals surface area contributed by atoms with Crippen LogP contribution in [0, 0.1) is 12.8 Å². The Bertz CT molecular complexity index is 537. The molecule has 6 nitrogen and oxygen atoms in total. The molecule has 3 N–H and O–H groups in total. The fourth-order valence-electron chi connectivity index (χ4n) is 2.41. The van der Waals surface area contributed by atoms with Crippen molar-refractivity contribution in [1.82, 2.24) is 20.2 Å². The summed E-state index contributed by atoms with van der Waals surface area (Å²) in [5.74, 6) is 0.443. The van der Waals surface area contributed by atoms with E-state index in [1.165, 1.54) is 0 Å². The summed E-state index contributed by atoms with van der Waals surface area (Å²) in [7, 11) is -3.54. The minimum Gasteiger partial charge on any atom is -0.311 e. The Kier molecular flexibility index (Phi) is 6.83. The van der Waals surface area contributed by atoms with Crippen LogP contribution in [0.4, 0.5) is 0 Å². The molecule has 1 unspecified atom stereocenters. The van der Waals surface area contributed by atoms with Crippen LogP contribution < -0.4 is 10.0 Å². The summed E-state index contributed by atoms with van der Waals surface area (Å²) in [4.78, 5) is 0.279. The van der Waals surface area contributed by atoms with Crippen molar-refractivity contribution in [2.24, 2.45) is 5.92 Å². The first-order valence-corrected chi connectivity index (χ1v) is 9.03. The first-order valence-electron chi connectivity index (χ1n) is 7.54. The summed E-state index contributed by atoms with van der Waals surface area (Å²) in [5, 5.41) is 10.1. The smallest absolute Gasteiger partial charge is 0.244 e. The van der Waals surface area contributed by atoms with Gasteiger partial charge in [0, 0.05) is 12.6 Å². The zero-order chi connectivity index (χ0) is 16.0. The average molecular weight is 316 g/mol. The van der Waals surface area contributed by atoms with E-state index in [2.05, 4.69) is 41.0 Å². The van der Waals surface area contributed by atoms with Gasteiger partial charge in [0.1, 0.15) is 4.90 Å². The Morgan fingerprint density at radius 2 is 1.95 bits per heavy atom. The maximum absolute atomic E-state index is 12.6. The molecule has 0 radical (unpaired) electrons. The average Bonchev–Trinajstić information content (AvgIpc) is 2.69. The highest BCUT2D eigenvalue weighted by molar-refractivity contribution is 7.89. The molecule has 0 saturated carbocycles. The molecule has 0 fully saturated rings. The van der Waals surface area contributed by atoms with E-state index < -0.39 is 10.0 Å². The summed E-state index contributed by atoms with van der Waals surface area (Å²) >= 11 is 0. The summed E-state index contributed by atoms with van der Waals surface area (Å²) in [5.41, 5.74) is 1.12. The lowest BCUT2D eigenvalue weighted by Crippen LogP contribution is -2.34. The van der Waals surface area contributed by atoms with Crippen LogP contribution >= 0.6 is 0 Å². The SMILES string of the molecule is CCCNCc1n[nH]c(C)c1S(=O)(=O)NC(C)CC(C)C. The molecular formula is C14H28N4O2S. The lowest BCUT2D eigenvalue weighted by Gasteiger charge is -2.16. The van der Waals surface area contributed by atoms with Crippen LogP contribution in [0.15, 0.2) is 4.90 Å². The van der Waals surface area contributed by atoms with Crippen LogP contribution in [-0.4, -0.2) is 31.2 Å². The number of H-pyrrole nitrogens is 1. The van der Waals surface area contributed by atoms with Gasteiger partial charge < -0.3 is 5.32 Å². The van der Waals surface area contributed by atoms with Crippen molar-refractivity contribution in [1.29, 1.82) is 0 Å². The molecule has 0 amide bonds. The van der Waals surface area contributed by atoms with Gasteiger partial charge in [0.15, 0.2) is 0 Å². The fourth-order valence-corrected chi connectivity index (χ4v) is 4.03. The summed E-state index contributed by atoms with van der Waals surface area (Å²) < 4.78 is 27.9. The molecule has 1 rings (SSSR count). The summed E-state index contributed by atoms with van der Waals surface area (Å²) in [6.07, 6.45) is 1.80. The maximum atomic E-state index is 12.6. The lowest BCUT2D eigenvalue weighted by atomic mass is 10.1. The zero-order valence-corrected chi connectivity index (χ0v) is 14.5. The van der Waals surface area contributed by atoms with Crippen molar-refractivity contribution in [3.63, 3.8) is 0 Å². The van der Waals surface area contributed by atoms with Gasteiger partial charge in [-0.2, -0.15) is 5.10 Å². The van der Waals surface area contributed by atoms with E-state index >= 15 is 0 Å². The molecule has 7 heteroatoms. The number of rotatable bonds is 9. The topological polar surface area (TPSA) is 86.9 Å². The van der Waals surface area contributed by atoms with Gasteiger partial charge in [0.05, 0.1) is 11.4 Å². The van der Waals surface area contributed by atoms with Crippen LogP contribution in [0.2, 0.25) is 0 Å². The quantitative estimate of drug-likeness (QED) is 0.608. The number of aromatic amines is 1. The van der Waals surface area contributed by atoms with Crippen molar-refractivity contribution in [3.05, 3.63) is 11.4 Å². The van der Waals surface area contributed by atoms with Gasteiger partial charge in [0.25, 0.3) is 0 Å². The van der Waals surface area contributed by atoms with Crippen LogP contribution in [0.1, 0.15) is 51.9 Å². The number of nitrogens with one attached hydrogen (secondary N) is 3. The van der Waals surface area contributed by atoms with Crippen LogP contribution in [-0.2, 0) is 16.6 Å². The molecule has 0 aliphatic carbocycles. The largest absolute Gasteiger partial charge is 0.311 e. The Labute approximate surface area is 128 Å². The maximum Gasteiger partial charge on any atom is 0.244 e. The van der Waals surface area contributed by atoms with E-state index in [1.807, 2.05) is 6.92 Å². The van der Waals surface area contributed by atoms with Gasteiger partial charge in [0.2, 0.25) is 10.0 Å². The highest BCUT2D eigenvalue weighted by Crippen LogP contribution is 2.18. The Morgan fingerprint density at radius 3 is 2.52 bits per heavy atom. The van der Waals surface area contributed by atoms with Crippen LogP contribution in [0.25, 0.3) is 0 Å². The summed E-state index contributed by atoms with van der Waals surface area (Å²) in [6.45, 7) is 11.1. The van der Waals surface area contributed by atoms with Gasteiger partial charge >= 0.3 is 0 Å². The van der Waals surface area contributed by atoms with Gasteiger partial charge in [-0.05, 0) is 39.2 Å². The first-order chi connectivity index (χ1) is 9.77. The van der Waals surface area contributed by atoms with Crippen molar-refractivity contribution >= 4 is 10.0 Å². The van der Waals surface area contributed by atoms with Crippen molar-refractivity contribution in [3.8, 4) is 0 Å². The molecule has 0 spiro atoms. The molecule has 0 saturated heterocycles. The molecule has 21 heavy (non-hydrogen) atoms. The third-order valence-corrected chi connectivity index (χ3v) is 4.92. The van der Waals surface area contributed by atoms with E-state index in [1.54, 1.807) is 6.92 Å². The molecule has 0 aliphatic heterocycles. The minimum atomic E-state index is -3.54. The molecule has 122 valence electrons. The predicted molar refractivity (Wildman–Crippen MR) is 84.6 cm³/mol. The fraction of sp³-hybridized carbons (Fsp3) is 0.786. The van der Waals surface area contributed by atoms with E-state index in [9.17, 15) is 8.42 Å². The molecule has 0 bridgehead atoms. The molecule has 1 aromatic rings. The van der Waals surface area contributed by atoms with Gasteiger partial charge in [-0.1, -0.05) is 20.8 Å². The van der Waals surface area contributed by atoms with Crippen molar-refractivity contribution in [2.75, 3.05) is 6.54 Å². The van der Waals surface area contributed by atoms with Crippen LogP contribution in [0.3, 0.4) is 0 Å². The predicted octanol–water partition coefficient (Wildman–Crippen LogP) is 1.93. The van der Waals surface area contributed by atoms with E-state index in [0.717, 1.165) is 19.4 Å². The Hall–Kier alpha value is -0.920. The van der Waals surface area contributed by atoms with E-state index in [0.29, 0.717) is 23.9 Å². The van der Waals surface area contributed by atoms with Crippen molar-refractivity contribution < 1.29 is 8.42 Å². The number of sulfonamides is 1. The Morgan fingerprint density at radius 1 is 1.29 bits per heavy atom. The second kappa shape index (κ2) is 7.91. The second-order valence-corrected chi connectivity index (χ2v) is 7.60. The third-order valence-electron chi connectivity index (χ3n) is 3.13. The number of nitrogens with zero attached hydrogens (tertiary/aromatic N) is 1. The first kappa shape index (κ1) is 18.1. The number of aryl methyl sites for hydroxylation is 1. The second-order valence-electron chi connectivity index (χ2n) is 5.95. The molecule has 1 heterocycles. The number of hydrogen-bond acceptors (Lipinski definition) is 4. The van der Waals surface area contributed by atoms with Crippen LogP contribution in [0.5, 0.6) is 0 Å². The number of aromatic nitrogens is 2.